The number of aliphatic hydroxyl groups excluding tert-OH is 1. The number of halogens is 1. The third-order valence-corrected chi connectivity index (χ3v) is 3.94. The fourth-order valence-corrected chi connectivity index (χ4v) is 2.81. The Morgan fingerprint density at radius 1 is 1.53 bits per heavy atom. The molecule has 0 amide bonds. The summed E-state index contributed by atoms with van der Waals surface area (Å²) in [4.78, 5) is 0. The van der Waals surface area contributed by atoms with E-state index in [2.05, 4.69) is 22.0 Å². The van der Waals surface area contributed by atoms with Crippen LogP contribution in [0.5, 0.6) is 5.75 Å². The number of rotatable bonds is 4. The second kappa shape index (κ2) is 5.38. The number of aliphatic hydroxyl groups is 1. The maximum absolute atomic E-state index is 9.53. The zero-order valence-electron chi connectivity index (χ0n) is 9.91. The van der Waals surface area contributed by atoms with Crippen LogP contribution < -0.4 is 4.74 Å². The number of methoxy groups -OCH3 is 1. The predicted molar refractivity (Wildman–Crippen MR) is 69.4 cm³/mol. The Morgan fingerprint density at radius 2 is 2.35 bits per heavy atom. The maximum atomic E-state index is 9.53. The molecule has 0 radical (unpaired) electrons. The predicted octanol–water partition coefficient (Wildman–Crippen LogP) is 2.40. The highest BCUT2D eigenvalue weighted by Gasteiger charge is 2.34. The van der Waals surface area contributed by atoms with Crippen LogP contribution in [0.25, 0.3) is 0 Å². The smallest absolute Gasteiger partial charge is 0.133 e. The standard InChI is InChI=1S/C13H17BrO3/c1-16-12-3-2-10(6-11(12)14)7-13(8-15)4-5-17-9-13/h2-3,6,15H,4-5,7-9H2,1H3. The molecule has 1 N–H and O–H groups in total. The Labute approximate surface area is 110 Å². The minimum atomic E-state index is -0.103. The number of hydrogen-bond donors (Lipinski definition) is 1. The molecule has 17 heavy (non-hydrogen) atoms. The molecule has 0 saturated carbocycles. The van der Waals surface area contributed by atoms with Crippen LogP contribution in [0.1, 0.15) is 12.0 Å². The molecule has 1 unspecified atom stereocenters. The van der Waals surface area contributed by atoms with Gasteiger partial charge in [-0.2, -0.15) is 0 Å². The molecule has 1 aromatic carbocycles. The van der Waals surface area contributed by atoms with Crippen molar-refractivity contribution in [2.24, 2.45) is 5.41 Å². The summed E-state index contributed by atoms with van der Waals surface area (Å²) in [6.45, 7) is 1.57. The average Bonchev–Trinajstić information content (AvgIpc) is 2.79. The van der Waals surface area contributed by atoms with Crippen molar-refractivity contribution in [1.82, 2.24) is 0 Å². The van der Waals surface area contributed by atoms with E-state index >= 15 is 0 Å². The van der Waals surface area contributed by atoms with E-state index in [1.165, 1.54) is 5.56 Å². The molecule has 0 bridgehead atoms. The lowest BCUT2D eigenvalue weighted by molar-refractivity contribution is 0.0935. The van der Waals surface area contributed by atoms with Crippen LogP contribution in [0.3, 0.4) is 0 Å². The molecule has 1 aromatic rings. The molecule has 94 valence electrons. The summed E-state index contributed by atoms with van der Waals surface area (Å²) in [5.41, 5.74) is 1.09. The van der Waals surface area contributed by atoms with E-state index in [1.807, 2.05) is 12.1 Å². The van der Waals surface area contributed by atoms with Crippen molar-refractivity contribution in [3.63, 3.8) is 0 Å². The van der Waals surface area contributed by atoms with Crippen molar-refractivity contribution in [3.8, 4) is 5.75 Å². The van der Waals surface area contributed by atoms with Gasteiger partial charge in [-0.05, 0) is 46.5 Å². The van der Waals surface area contributed by atoms with Gasteiger partial charge in [0.25, 0.3) is 0 Å². The van der Waals surface area contributed by atoms with E-state index in [-0.39, 0.29) is 12.0 Å². The fourth-order valence-electron chi connectivity index (χ4n) is 2.22. The van der Waals surface area contributed by atoms with E-state index in [0.29, 0.717) is 6.61 Å². The molecule has 1 aliphatic heterocycles. The Hall–Kier alpha value is -0.580. The summed E-state index contributed by atoms with van der Waals surface area (Å²) >= 11 is 3.48. The van der Waals surface area contributed by atoms with Gasteiger partial charge in [0, 0.05) is 12.0 Å². The molecule has 0 aliphatic carbocycles. The average molecular weight is 301 g/mol. The van der Waals surface area contributed by atoms with Crippen molar-refractivity contribution in [1.29, 1.82) is 0 Å². The Kier molecular flexibility index (Phi) is 4.07. The summed E-state index contributed by atoms with van der Waals surface area (Å²) in [6.07, 6.45) is 1.76. The number of benzene rings is 1. The van der Waals surface area contributed by atoms with E-state index < -0.39 is 0 Å². The zero-order chi connectivity index (χ0) is 12.3. The summed E-state index contributed by atoms with van der Waals surface area (Å²) in [5.74, 6) is 0.828. The van der Waals surface area contributed by atoms with Crippen LogP contribution in [0.15, 0.2) is 22.7 Å². The molecule has 3 nitrogen and oxygen atoms in total. The second-order valence-electron chi connectivity index (χ2n) is 4.61. The van der Waals surface area contributed by atoms with Gasteiger partial charge in [-0.25, -0.2) is 0 Å². The van der Waals surface area contributed by atoms with Crippen molar-refractivity contribution in [2.45, 2.75) is 12.8 Å². The largest absolute Gasteiger partial charge is 0.496 e. The van der Waals surface area contributed by atoms with Crippen LogP contribution in [-0.2, 0) is 11.2 Å². The first kappa shape index (κ1) is 12.9. The van der Waals surface area contributed by atoms with Gasteiger partial charge in [0.05, 0.1) is 24.8 Å². The normalized spacial score (nSPS) is 23.9. The molecule has 1 atom stereocenters. The van der Waals surface area contributed by atoms with E-state index in [0.717, 1.165) is 29.7 Å². The maximum Gasteiger partial charge on any atom is 0.133 e. The van der Waals surface area contributed by atoms with Crippen LogP contribution in [0, 0.1) is 5.41 Å². The van der Waals surface area contributed by atoms with Gasteiger partial charge >= 0.3 is 0 Å². The first-order chi connectivity index (χ1) is 8.19. The van der Waals surface area contributed by atoms with E-state index in [9.17, 15) is 5.11 Å². The summed E-state index contributed by atoms with van der Waals surface area (Å²) in [5, 5.41) is 9.53. The minimum absolute atomic E-state index is 0.103. The Balaban J connectivity index is 2.15. The number of ether oxygens (including phenoxy) is 2. The first-order valence-corrected chi connectivity index (χ1v) is 6.49. The third-order valence-electron chi connectivity index (χ3n) is 3.32. The third kappa shape index (κ3) is 2.81. The van der Waals surface area contributed by atoms with Gasteiger partial charge in [0.15, 0.2) is 0 Å². The van der Waals surface area contributed by atoms with Gasteiger partial charge in [0.2, 0.25) is 0 Å². The number of hydrogen-bond acceptors (Lipinski definition) is 3. The Morgan fingerprint density at radius 3 is 2.88 bits per heavy atom. The van der Waals surface area contributed by atoms with Crippen molar-refractivity contribution in [2.75, 3.05) is 26.9 Å². The molecular formula is C13H17BrO3. The lowest BCUT2D eigenvalue weighted by atomic mass is 9.82. The van der Waals surface area contributed by atoms with Crippen molar-refractivity contribution < 1.29 is 14.6 Å². The van der Waals surface area contributed by atoms with Crippen LogP contribution in [0.4, 0.5) is 0 Å². The van der Waals surface area contributed by atoms with Crippen LogP contribution in [0.2, 0.25) is 0 Å². The summed E-state index contributed by atoms with van der Waals surface area (Å²) in [7, 11) is 1.65. The minimum Gasteiger partial charge on any atom is -0.496 e. The zero-order valence-corrected chi connectivity index (χ0v) is 11.5. The van der Waals surface area contributed by atoms with Crippen LogP contribution >= 0.6 is 15.9 Å². The van der Waals surface area contributed by atoms with Gasteiger partial charge in [-0.1, -0.05) is 6.07 Å². The molecule has 1 aliphatic rings. The van der Waals surface area contributed by atoms with E-state index in [4.69, 9.17) is 9.47 Å². The molecule has 0 spiro atoms. The summed E-state index contributed by atoms with van der Waals surface area (Å²) in [6, 6.07) is 6.04. The SMILES string of the molecule is COc1ccc(CC2(CO)CCOC2)cc1Br. The molecular weight excluding hydrogens is 284 g/mol. The highest BCUT2D eigenvalue weighted by Crippen LogP contribution is 2.34. The van der Waals surface area contributed by atoms with Gasteiger partial charge in [-0.15, -0.1) is 0 Å². The fraction of sp³-hybridized carbons (Fsp3) is 0.538. The molecule has 1 saturated heterocycles. The molecule has 0 aromatic heterocycles. The molecule has 1 heterocycles. The quantitative estimate of drug-likeness (QED) is 0.928. The van der Waals surface area contributed by atoms with Gasteiger partial charge in [-0.3, -0.25) is 0 Å². The van der Waals surface area contributed by atoms with Crippen molar-refractivity contribution in [3.05, 3.63) is 28.2 Å². The first-order valence-electron chi connectivity index (χ1n) is 5.70. The molecule has 4 heteroatoms. The topological polar surface area (TPSA) is 38.7 Å². The highest BCUT2D eigenvalue weighted by molar-refractivity contribution is 9.10. The van der Waals surface area contributed by atoms with Crippen molar-refractivity contribution >= 4 is 15.9 Å². The van der Waals surface area contributed by atoms with E-state index in [1.54, 1.807) is 7.11 Å². The lowest BCUT2D eigenvalue weighted by Crippen LogP contribution is -2.28. The summed E-state index contributed by atoms with van der Waals surface area (Å²) < 4.78 is 11.6. The Bertz CT molecular complexity index is 386. The molecule has 1 fully saturated rings. The van der Waals surface area contributed by atoms with Gasteiger partial charge < -0.3 is 14.6 Å². The molecule has 2 rings (SSSR count). The van der Waals surface area contributed by atoms with Crippen LogP contribution in [-0.4, -0.2) is 32.0 Å². The second-order valence-corrected chi connectivity index (χ2v) is 5.46. The highest BCUT2D eigenvalue weighted by atomic mass is 79.9. The lowest BCUT2D eigenvalue weighted by Gasteiger charge is -2.24. The monoisotopic (exact) mass is 300 g/mol. The van der Waals surface area contributed by atoms with Gasteiger partial charge in [0.1, 0.15) is 5.75 Å².